The van der Waals surface area contributed by atoms with E-state index in [2.05, 4.69) is 0 Å². The highest BCUT2D eigenvalue weighted by Gasteiger charge is 2.26. The van der Waals surface area contributed by atoms with Gasteiger partial charge in [-0.25, -0.2) is 17.2 Å². The number of nitrogens with zero attached hydrogens (tertiary/aromatic N) is 2. The monoisotopic (exact) mass is 290 g/mol. The largest absolute Gasteiger partial charge is 0.305 e. The van der Waals surface area contributed by atoms with Gasteiger partial charge in [0.05, 0.1) is 4.90 Å². The van der Waals surface area contributed by atoms with Crippen LogP contribution in [0.15, 0.2) is 23.1 Å². The number of hydrogen-bond acceptors (Lipinski definition) is 3. The van der Waals surface area contributed by atoms with Crippen molar-refractivity contribution in [2.24, 2.45) is 0 Å². The Labute approximate surface area is 111 Å². The fourth-order valence-corrected chi connectivity index (χ4v) is 3.53. The average molecular weight is 290 g/mol. The number of benzene rings is 1. The second kappa shape index (κ2) is 5.52. The quantitative estimate of drug-likeness (QED) is 0.824. The van der Waals surface area contributed by atoms with Gasteiger partial charge in [-0.1, -0.05) is 0 Å². The van der Waals surface area contributed by atoms with Gasteiger partial charge >= 0.3 is 0 Å². The van der Waals surface area contributed by atoms with Crippen LogP contribution in [-0.4, -0.2) is 50.8 Å². The Balaban J connectivity index is 2.28. The minimum absolute atomic E-state index is 0.198. The number of halogens is 2. The van der Waals surface area contributed by atoms with E-state index in [1.807, 2.05) is 11.9 Å². The van der Waals surface area contributed by atoms with Crippen molar-refractivity contribution < 1.29 is 17.2 Å². The molecule has 4 nitrogen and oxygen atoms in total. The Hall–Kier alpha value is -1.05. The summed E-state index contributed by atoms with van der Waals surface area (Å²) in [6.07, 6.45) is 0.722. The molecule has 0 amide bonds. The van der Waals surface area contributed by atoms with Gasteiger partial charge in [0, 0.05) is 19.6 Å². The highest BCUT2D eigenvalue weighted by atomic mass is 32.2. The molecule has 0 bridgehead atoms. The zero-order valence-corrected chi connectivity index (χ0v) is 11.5. The first-order valence-corrected chi connectivity index (χ1v) is 7.49. The van der Waals surface area contributed by atoms with E-state index in [1.54, 1.807) is 0 Å². The minimum atomic E-state index is -3.75. The van der Waals surface area contributed by atoms with Gasteiger partial charge in [0.2, 0.25) is 10.0 Å². The van der Waals surface area contributed by atoms with Crippen molar-refractivity contribution in [1.29, 1.82) is 0 Å². The van der Waals surface area contributed by atoms with E-state index in [9.17, 15) is 17.2 Å². The van der Waals surface area contributed by atoms with E-state index in [4.69, 9.17) is 0 Å². The molecule has 0 unspecified atom stereocenters. The van der Waals surface area contributed by atoms with Crippen molar-refractivity contribution >= 4 is 10.0 Å². The first kappa shape index (κ1) is 14.4. The van der Waals surface area contributed by atoms with E-state index in [0.29, 0.717) is 19.6 Å². The summed E-state index contributed by atoms with van der Waals surface area (Å²) in [7, 11) is -1.82. The fourth-order valence-electron chi connectivity index (χ4n) is 2.05. The molecule has 0 spiro atoms. The number of likely N-dealkylation sites (N-methyl/N-ethyl adjacent to an activating group) is 1. The SMILES string of the molecule is CN1CCCN(S(=O)(=O)c2ccc(F)c(F)c2)CC1. The molecule has 0 N–H and O–H groups in total. The molecule has 0 saturated carbocycles. The van der Waals surface area contributed by atoms with Crippen LogP contribution in [0.4, 0.5) is 8.78 Å². The van der Waals surface area contributed by atoms with Crippen LogP contribution in [0.5, 0.6) is 0 Å². The lowest BCUT2D eigenvalue weighted by Gasteiger charge is -2.20. The Morgan fingerprint density at radius 3 is 2.47 bits per heavy atom. The van der Waals surface area contributed by atoms with Gasteiger partial charge in [-0.3, -0.25) is 0 Å². The maximum absolute atomic E-state index is 13.2. The molecule has 1 aliphatic heterocycles. The minimum Gasteiger partial charge on any atom is -0.305 e. The van der Waals surface area contributed by atoms with Gasteiger partial charge in [-0.15, -0.1) is 0 Å². The van der Waals surface area contributed by atoms with Gasteiger partial charge in [0.15, 0.2) is 11.6 Å². The highest BCUT2D eigenvalue weighted by molar-refractivity contribution is 7.89. The van der Waals surface area contributed by atoms with Gasteiger partial charge in [0.25, 0.3) is 0 Å². The Morgan fingerprint density at radius 2 is 1.79 bits per heavy atom. The number of sulfonamides is 1. The van der Waals surface area contributed by atoms with Crippen LogP contribution in [0.1, 0.15) is 6.42 Å². The standard InChI is InChI=1S/C12H16F2N2O2S/c1-15-5-2-6-16(8-7-15)19(17,18)10-3-4-11(13)12(14)9-10/h3-4,9H,2,5-8H2,1H3. The van der Waals surface area contributed by atoms with E-state index < -0.39 is 21.7 Å². The summed E-state index contributed by atoms with van der Waals surface area (Å²) >= 11 is 0. The van der Waals surface area contributed by atoms with Crippen LogP contribution in [-0.2, 0) is 10.0 Å². The lowest BCUT2D eigenvalue weighted by molar-refractivity contribution is 0.347. The zero-order valence-electron chi connectivity index (χ0n) is 10.6. The van der Waals surface area contributed by atoms with Crippen LogP contribution in [0.25, 0.3) is 0 Å². The molecular weight excluding hydrogens is 274 g/mol. The molecule has 0 radical (unpaired) electrons. The summed E-state index contributed by atoms with van der Waals surface area (Å²) in [6.45, 7) is 2.20. The molecule has 7 heteroatoms. The molecule has 1 fully saturated rings. The van der Waals surface area contributed by atoms with Crippen molar-refractivity contribution in [3.63, 3.8) is 0 Å². The molecule has 19 heavy (non-hydrogen) atoms. The van der Waals surface area contributed by atoms with Crippen LogP contribution >= 0.6 is 0 Å². The zero-order chi connectivity index (χ0) is 14.0. The first-order valence-electron chi connectivity index (χ1n) is 6.05. The Morgan fingerprint density at radius 1 is 1.05 bits per heavy atom. The second-order valence-electron chi connectivity index (χ2n) is 4.64. The van der Waals surface area contributed by atoms with E-state index in [-0.39, 0.29) is 4.90 Å². The molecule has 1 heterocycles. The van der Waals surface area contributed by atoms with E-state index in [1.165, 1.54) is 4.31 Å². The molecule has 0 aromatic heterocycles. The summed E-state index contributed by atoms with van der Waals surface area (Å²) in [5, 5.41) is 0. The Kier molecular flexibility index (Phi) is 4.17. The predicted molar refractivity (Wildman–Crippen MR) is 67.2 cm³/mol. The fraction of sp³-hybridized carbons (Fsp3) is 0.500. The van der Waals surface area contributed by atoms with Crippen molar-refractivity contribution in [2.75, 3.05) is 33.2 Å². The third-order valence-electron chi connectivity index (χ3n) is 3.21. The maximum atomic E-state index is 13.2. The summed E-state index contributed by atoms with van der Waals surface area (Å²) < 4.78 is 52.0. The highest BCUT2D eigenvalue weighted by Crippen LogP contribution is 2.19. The number of rotatable bonds is 2. The van der Waals surface area contributed by atoms with Crippen LogP contribution in [0, 0.1) is 11.6 Å². The van der Waals surface area contributed by atoms with E-state index >= 15 is 0 Å². The molecule has 106 valence electrons. The van der Waals surface area contributed by atoms with Crippen molar-refractivity contribution in [3.05, 3.63) is 29.8 Å². The molecule has 1 aromatic carbocycles. The summed E-state index contributed by atoms with van der Waals surface area (Å²) in [4.78, 5) is 1.84. The molecular formula is C12H16F2N2O2S. The molecule has 0 atom stereocenters. The van der Waals surface area contributed by atoms with Gasteiger partial charge in [-0.05, 0) is 38.2 Å². The third-order valence-corrected chi connectivity index (χ3v) is 5.10. The summed E-state index contributed by atoms with van der Waals surface area (Å²) in [5.74, 6) is -2.19. The first-order chi connectivity index (χ1) is 8.91. The van der Waals surface area contributed by atoms with E-state index in [0.717, 1.165) is 31.2 Å². The van der Waals surface area contributed by atoms with Crippen LogP contribution in [0.2, 0.25) is 0 Å². The van der Waals surface area contributed by atoms with Gasteiger partial charge in [0.1, 0.15) is 0 Å². The second-order valence-corrected chi connectivity index (χ2v) is 6.57. The van der Waals surface area contributed by atoms with Crippen molar-refractivity contribution in [3.8, 4) is 0 Å². The lowest BCUT2D eigenvalue weighted by Crippen LogP contribution is -2.34. The molecule has 1 saturated heterocycles. The topological polar surface area (TPSA) is 40.6 Å². The molecule has 0 aliphatic carbocycles. The average Bonchev–Trinajstić information content (AvgIpc) is 2.57. The van der Waals surface area contributed by atoms with Crippen molar-refractivity contribution in [2.45, 2.75) is 11.3 Å². The molecule has 1 aromatic rings. The van der Waals surface area contributed by atoms with Crippen LogP contribution in [0.3, 0.4) is 0 Å². The lowest BCUT2D eigenvalue weighted by atomic mass is 10.3. The maximum Gasteiger partial charge on any atom is 0.243 e. The predicted octanol–water partition coefficient (Wildman–Crippen LogP) is 1.29. The molecule has 2 rings (SSSR count). The third kappa shape index (κ3) is 3.10. The van der Waals surface area contributed by atoms with Gasteiger partial charge < -0.3 is 4.90 Å². The van der Waals surface area contributed by atoms with Crippen molar-refractivity contribution in [1.82, 2.24) is 9.21 Å². The molecule has 1 aliphatic rings. The summed E-state index contributed by atoms with van der Waals surface area (Å²) in [5.41, 5.74) is 0. The normalized spacial score (nSPS) is 19.3. The smallest absolute Gasteiger partial charge is 0.243 e. The van der Waals surface area contributed by atoms with Crippen LogP contribution < -0.4 is 0 Å². The Bertz CT molecular complexity index is 563. The number of hydrogen-bond donors (Lipinski definition) is 0. The van der Waals surface area contributed by atoms with Gasteiger partial charge in [-0.2, -0.15) is 4.31 Å². The summed E-state index contributed by atoms with van der Waals surface area (Å²) in [6, 6.07) is 2.67.